The Balaban J connectivity index is 2.62. The van der Waals surface area contributed by atoms with Gasteiger partial charge in [0.25, 0.3) is 0 Å². The zero-order chi connectivity index (χ0) is 15.6. The average molecular weight is 287 g/mol. The van der Waals surface area contributed by atoms with E-state index in [4.69, 9.17) is 4.74 Å². The third-order valence-corrected chi connectivity index (χ3v) is 3.52. The Kier molecular flexibility index (Phi) is 5.02. The van der Waals surface area contributed by atoms with Crippen LogP contribution in [0, 0.1) is 5.92 Å². The molecule has 0 saturated heterocycles. The quantitative estimate of drug-likeness (QED) is 0.737. The molecule has 1 aliphatic rings. The molecule has 0 spiro atoms. The highest BCUT2D eigenvalue weighted by Crippen LogP contribution is 2.33. The van der Waals surface area contributed by atoms with Crippen molar-refractivity contribution < 1.29 is 24.5 Å². The molecule has 1 amide bonds. The number of alkyl carbamates (subject to hydrolysis) is 1. The zero-order valence-corrected chi connectivity index (χ0v) is 12.6. The van der Waals surface area contributed by atoms with Gasteiger partial charge in [-0.2, -0.15) is 0 Å². The minimum absolute atomic E-state index is 0.180. The summed E-state index contributed by atoms with van der Waals surface area (Å²) in [5.41, 5.74) is -1.39. The molecule has 0 unspecified atom stereocenters. The van der Waals surface area contributed by atoms with E-state index >= 15 is 0 Å². The fraction of sp³-hybridized carbons (Fsp3) is 0.857. The third-order valence-electron chi connectivity index (χ3n) is 3.52. The molecule has 0 aromatic carbocycles. The van der Waals surface area contributed by atoms with Crippen molar-refractivity contribution in [3.63, 3.8) is 0 Å². The Bertz CT molecular complexity index is 362. The Morgan fingerprint density at radius 1 is 1.30 bits per heavy atom. The Morgan fingerprint density at radius 2 is 1.80 bits per heavy atom. The van der Waals surface area contributed by atoms with E-state index in [0.717, 1.165) is 0 Å². The van der Waals surface area contributed by atoms with Gasteiger partial charge in [0.05, 0.1) is 5.60 Å². The van der Waals surface area contributed by atoms with Crippen LogP contribution in [0.4, 0.5) is 4.79 Å². The SMILES string of the molecule is CC(C)(C)OC(=O)N[C@H](C(=O)O)[C@H]1CC[C@@](C)(O)CC1. The molecule has 0 bridgehead atoms. The topological polar surface area (TPSA) is 95.9 Å². The third kappa shape index (κ3) is 5.36. The van der Waals surface area contributed by atoms with Crippen LogP contribution in [0.1, 0.15) is 53.4 Å². The van der Waals surface area contributed by atoms with E-state index in [2.05, 4.69) is 5.32 Å². The molecule has 6 heteroatoms. The summed E-state index contributed by atoms with van der Waals surface area (Å²) < 4.78 is 5.09. The van der Waals surface area contributed by atoms with Crippen molar-refractivity contribution in [1.82, 2.24) is 5.32 Å². The summed E-state index contributed by atoms with van der Waals surface area (Å²) in [6, 6.07) is -0.971. The standard InChI is InChI=1S/C14H25NO5/c1-13(2,3)20-12(18)15-10(11(16)17)9-5-7-14(4,19)8-6-9/h9-10,19H,5-8H2,1-4H3,(H,15,18)(H,16,17)/t9-,10-,14+/m0/s1. The number of aliphatic carboxylic acids is 1. The molecule has 0 aromatic rings. The molecular formula is C14H25NO5. The van der Waals surface area contributed by atoms with Crippen molar-refractivity contribution in [2.45, 2.75) is 70.6 Å². The number of hydrogen-bond donors (Lipinski definition) is 3. The first-order valence-electron chi connectivity index (χ1n) is 6.95. The van der Waals surface area contributed by atoms with Gasteiger partial charge in [0.2, 0.25) is 0 Å². The first kappa shape index (κ1) is 16.8. The second kappa shape index (κ2) is 5.99. The first-order chi connectivity index (χ1) is 9.00. The molecule has 1 saturated carbocycles. The maximum atomic E-state index is 11.7. The van der Waals surface area contributed by atoms with Gasteiger partial charge >= 0.3 is 12.1 Å². The summed E-state index contributed by atoms with van der Waals surface area (Å²) in [5.74, 6) is -1.25. The number of hydrogen-bond acceptors (Lipinski definition) is 4. The molecule has 1 atom stereocenters. The summed E-state index contributed by atoms with van der Waals surface area (Å²) in [4.78, 5) is 23.0. The maximum absolute atomic E-state index is 11.7. The molecule has 1 rings (SSSR count). The summed E-state index contributed by atoms with van der Waals surface area (Å²) in [7, 11) is 0. The molecule has 0 aliphatic heterocycles. The molecule has 0 radical (unpaired) electrons. The van der Waals surface area contributed by atoms with Gasteiger partial charge in [-0.25, -0.2) is 9.59 Å². The van der Waals surface area contributed by atoms with Crippen LogP contribution in [0.25, 0.3) is 0 Å². The van der Waals surface area contributed by atoms with Crippen LogP contribution >= 0.6 is 0 Å². The van der Waals surface area contributed by atoms with Crippen LogP contribution < -0.4 is 5.32 Å². The minimum Gasteiger partial charge on any atom is -0.480 e. The van der Waals surface area contributed by atoms with Gasteiger partial charge < -0.3 is 20.3 Å². The van der Waals surface area contributed by atoms with Crippen molar-refractivity contribution in [3.8, 4) is 0 Å². The normalized spacial score (nSPS) is 28.6. The highest BCUT2D eigenvalue weighted by molar-refractivity contribution is 5.80. The molecule has 116 valence electrons. The van der Waals surface area contributed by atoms with Crippen LogP contribution in [-0.4, -0.2) is 39.5 Å². The van der Waals surface area contributed by atoms with E-state index in [9.17, 15) is 19.8 Å². The van der Waals surface area contributed by atoms with Gasteiger partial charge in [0.1, 0.15) is 11.6 Å². The monoisotopic (exact) mass is 287 g/mol. The summed E-state index contributed by atoms with van der Waals surface area (Å²) >= 11 is 0. The number of ether oxygens (including phenoxy) is 1. The van der Waals surface area contributed by atoms with E-state index in [-0.39, 0.29) is 5.92 Å². The van der Waals surface area contributed by atoms with Crippen molar-refractivity contribution in [2.75, 3.05) is 0 Å². The largest absolute Gasteiger partial charge is 0.480 e. The van der Waals surface area contributed by atoms with Crippen LogP contribution in [-0.2, 0) is 9.53 Å². The van der Waals surface area contributed by atoms with Gasteiger partial charge in [-0.3, -0.25) is 0 Å². The highest BCUT2D eigenvalue weighted by Gasteiger charge is 2.37. The van der Waals surface area contributed by atoms with Crippen molar-refractivity contribution >= 4 is 12.1 Å². The van der Waals surface area contributed by atoms with E-state index in [0.29, 0.717) is 25.7 Å². The van der Waals surface area contributed by atoms with Gasteiger partial charge in [-0.1, -0.05) is 0 Å². The molecule has 6 nitrogen and oxygen atoms in total. The molecule has 20 heavy (non-hydrogen) atoms. The molecule has 1 aliphatic carbocycles. The van der Waals surface area contributed by atoms with E-state index in [1.54, 1.807) is 27.7 Å². The second-order valence-corrected chi connectivity index (χ2v) is 6.80. The zero-order valence-electron chi connectivity index (χ0n) is 12.6. The van der Waals surface area contributed by atoms with Gasteiger partial charge in [0.15, 0.2) is 0 Å². The number of carboxylic acid groups (broad SMARTS) is 1. The van der Waals surface area contributed by atoms with E-state index in [1.165, 1.54) is 0 Å². The fourth-order valence-electron chi connectivity index (χ4n) is 2.41. The van der Waals surface area contributed by atoms with Crippen LogP contribution in [0.15, 0.2) is 0 Å². The highest BCUT2D eigenvalue weighted by atomic mass is 16.6. The number of carbonyl (C=O) groups excluding carboxylic acids is 1. The van der Waals surface area contributed by atoms with Crippen molar-refractivity contribution in [2.24, 2.45) is 5.92 Å². The van der Waals surface area contributed by atoms with Crippen molar-refractivity contribution in [1.29, 1.82) is 0 Å². The maximum Gasteiger partial charge on any atom is 0.408 e. The first-order valence-corrected chi connectivity index (χ1v) is 6.95. The van der Waals surface area contributed by atoms with Gasteiger partial charge in [0, 0.05) is 0 Å². The van der Waals surface area contributed by atoms with Crippen LogP contribution in [0.5, 0.6) is 0 Å². The smallest absolute Gasteiger partial charge is 0.408 e. The number of amides is 1. The number of carbonyl (C=O) groups is 2. The van der Waals surface area contributed by atoms with Crippen LogP contribution in [0.3, 0.4) is 0 Å². The van der Waals surface area contributed by atoms with Crippen LogP contribution in [0.2, 0.25) is 0 Å². The fourth-order valence-corrected chi connectivity index (χ4v) is 2.41. The lowest BCUT2D eigenvalue weighted by molar-refractivity contribution is -0.142. The lowest BCUT2D eigenvalue weighted by atomic mass is 9.77. The number of carboxylic acids is 1. The summed E-state index contributed by atoms with van der Waals surface area (Å²) in [6.45, 7) is 6.92. The van der Waals surface area contributed by atoms with Gasteiger partial charge in [-0.15, -0.1) is 0 Å². The Morgan fingerprint density at radius 3 is 2.20 bits per heavy atom. The molecule has 1 fully saturated rings. The Labute approximate surface area is 119 Å². The molecule has 3 N–H and O–H groups in total. The van der Waals surface area contributed by atoms with Gasteiger partial charge in [-0.05, 0) is 59.3 Å². The molecule has 0 aromatic heterocycles. The minimum atomic E-state index is -1.07. The Hall–Kier alpha value is -1.30. The predicted octanol–water partition coefficient (Wildman–Crippen LogP) is 1.91. The average Bonchev–Trinajstić information content (AvgIpc) is 2.23. The predicted molar refractivity (Wildman–Crippen MR) is 73.4 cm³/mol. The number of rotatable bonds is 3. The van der Waals surface area contributed by atoms with Crippen molar-refractivity contribution in [3.05, 3.63) is 0 Å². The lowest BCUT2D eigenvalue weighted by Crippen LogP contribution is -2.49. The second-order valence-electron chi connectivity index (χ2n) is 6.80. The number of aliphatic hydroxyl groups is 1. The summed E-state index contributed by atoms with van der Waals surface area (Å²) in [5, 5.41) is 21.6. The van der Waals surface area contributed by atoms with E-state index in [1.807, 2.05) is 0 Å². The molecular weight excluding hydrogens is 262 g/mol. The molecule has 0 heterocycles. The summed E-state index contributed by atoms with van der Waals surface area (Å²) in [6.07, 6.45) is 1.50. The van der Waals surface area contributed by atoms with E-state index < -0.39 is 29.3 Å². The lowest BCUT2D eigenvalue weighted by Gasteiger charge is -2.35. The number of nitrogens with one attached hydrogen (secondary N) is 1.